The number of ether oxygens (including phenoxy) is 2. The van der Waals surface area contributed by atoms with Gasteiger partial charge in [0.1, 0.15) is 18.2 Å². The third-order valence-corrected chi connectivity index (χ3v) is 2.88. The fourth-order valence-corrected chi connectivity index (χ4v) is 1.57. The van der Waals surface area contributed by atoms with Crippen LogP contribution in [0.15, 0.2) is 18.2 Å². The topological polar surface area (TPSA) is 78.6 Å². The molecule has 5 nitrogen and oxygen atoms in total. The summed E-state index contributed by atoms with van der Waals surface area (Å²) in [7, 11) is -3.49. The molecule has 1 aromatic carbocycles. The average Bonchev–Trinajstić information content (AvgIpc) is 2.26. The van der Waals surface area contributed by atoms with Crippen molar-refractivity contribution >= 4 is 10.0 Å². The summed E-state index contributed by atoms with van der Waals surface area (Å²) in [6.07, 6.45) is 0. The molecule has 0 aromatic heterocycles. The quantitative estimate of drug-likeness (QED) is 0.748. The maximum atomic E-state index is 12.9. The number of sulfonamides is 1. The first-order chi connectivity index (χ1) is 8.38. The Kier molecular flexibility index (Phi) is 5.52. The second-order valence-corrected chi connectivity index (χ2v) is 5.47. The van der Waals surface area contributed by atoms with Crippen LogP contribution in [0.1, 0.15) is 5.56 Å². The van der Waals surface area contributed by atoms with Gasteiger partial charge >= 0.3 is 0 Å². The first-order valence-electron chi connectivity index (χ1n) is 5.35. The zero-order valence-corrected chi connectivity index (χ0v) is 10.9. The van der Waals surface area contributed by atoms with Crippen molar-refractivity contribution in [2.24, 2.45) is 5.14 Å². The van der Waals surface area contributed by atoms with Gasteiger partial charge < -0.3 is 9.47 Å². The summed E-state index contributed by atoms with van der Waals surface area (Å²) in [5.41, 5.74) is 0.820. The molecule has 0 unspecified atom stereocenters. The lowest BCUT2D eigenvalue weighted by molar-refractivity contribution is 0.111. The number of hydrogen-bond donors (Lipinski definition) is 1. The van der Waals surface area contributed by atoms with Gasteiger partial charge in [0, 0.05) is 6.07 Å². The van der Waals surface area contributed by atoms with Gasteiger partial charge in [0.25, 0.3) is 0 Å². The monoisotopic (exact) mass is 277 g/mol. The summed E-state index contributed by atoms with van der Waals surface area (Å²) < 4.78 is 44.4. The van der Waals surface area contributed by atoms with Crippen LogP contribution in [0.4, 0.5) is 4.39 Å². The molecule has 0 radical (unpaired) electrons. The molecule has 0 saturated heterocycles. The fourth-order valence-electron chi connectivity index (χ4n) is 1.22. The molecule has 0 heterocycles. The van der Waals surface area contributed by atoms with Gasteiger partial charge in [-0.05, 0) is 18.6 Å². The number of benzene rings is 1. The SMILES string of the molecule is Cc1ccc(F)cc1OCCOCCS(N)(=O)=O. The van der Waals surface area contributed by atoms with E-state index >= 15 is 0 Å². The van der Waals surface area contributed by atoms with Crippen LogP contribution < -0.4 is 9.88 Å². The number of nitrogens with two attached hydrogens (primary N) is 1. The van der Waals surface area contributed by atoms with E-state index in [9.17, 15) is 12.8 Å². The fraction of sp³-hybridized carbons (Fsp3) is 0.455. The predicted octanol–water partition coefficient (Wildman–Crippen LogP) is 0.818. The Bertz CT molecular complexity index is 490. The summed E-state index contributed by atoms with van der Waals surface area (Å²) in [6, 6.07) is 4.26. The molecule has 18 heavy (non-hydrogen) atoms. The number of halogens is 1. The smallest absolute Gasteiger partial charge is 0.211 e. The van der Waals surface area contributed by atoms with E-state index in [2.05, 4.69) is 0 Å². The summed E-state index contributed by atoms with van der Waals surface area (Å²) in [5.74, 6) is -0.151. The molecule has 0 fully saturated rings. The van der Waals surface area contributed by atoms with Gasteiger partial charge in [-0.25, -0.2) is 17.9 Å². The van der Waals surface area contributed by atoms with E-state index in [0.29, 0.717) is 5.75 Å². The van der Waals surface area contributed by atoms with E-state index in [-0.39, 0.29) is 31.4 Å². The van der Waals surface area contributed by atoms with E-state index in [1.54, 1.807) is 13.0 Å². The molecule has 0 bridgehead atoms. The highest BCUT2D eigenvalue weighted by Gasteiger charge is 2.03. The van der Waals surface area contributed by atoms with Gasteiger partial charge in [-0.15, -0.1) is 0 Å². The van der Waals surface area contributed by atoms with E-state index < -0.39 is 10.0 Å². The lowest BCUT2D eigenvalue weighted by atomic mass is 10.2. The summed E-state index contributed by atoms with van der Waals surface area (Å²) in [5, 5.41) is 4.80. The lowest BCUT2D eigenvalue weighted by Gasteiger charge is -2.09. The molecule has 1 rings (SSSR count). The minimum Gasteiger partial charge on any atom is -0.491 e. The van der Waals surface area contributed by atoms with Crippen molar-refractivity contribution < 1.29 is 22.3 Å². The molecule has 0 aliphatic heterocycles. The third kappa shape index (κ3) is 5.95. The van der Waals surface area contributed by atoms with Gasteiger partial charge in [-0.1, -0.05) is 6.07 Å². The van der Waals surface area contributed by atoms with Crippen LogP contribution in [0.25, 0.3) is 0 Å². The second kappa shape index (κ2) is 6.67. The van der Waals surface area contributed by atoms with Gasteiger partial charge in [-0.2, -0.15) is 0 Å². The summed E-state index contributed by atoms with van der Waals surface area (Å²) in [6.45, 7) is 2.25. The van der Waals surface area contributed by atoms with Crippen LogP contribution in [0.3, 0.4) is 0 Å². The standard InChI is InChI=1S/C11H16FNO4S/c1-9-2-3-10(12)8-11(9)17-5-4-16-6-7-18(13,14)15/h2-3,8H,4-7H2,1H3,(H2,13,14,15). The zero-order valence-electron chi connectivity index (χ0n) is 10.1. The number of aryl methyl sites for hydroxylation is 1. The van der Waals surface area contributed by atoms with E-state index in [0.717, 1.165) is 5.56 Å². The van der Waals surface area contributed by atoms with Crippen molar-refractivity contribution in [2.45, 2.75) is 6.92 Å². The molecule has 0 aliphatic rings. The molecule has 2 N–H and O–H groups in total. The largest absolute Gasteiger partial charge is 0.491 e. The average molecular weight is 277 g/mol. The Balaban J connectivity index is 2.24. The van der Waals surface area contributed by atoms with Crippen molar-refractivity contribution in [1.82, 2.24) is 0 Å². The highest BCUT2D eigenvalue weighted by atomic mass is 32.2. The number of primary sulfonamides is 1. The third-order valence-electron chi connectivity index (χ3n) is 2.15. The molecule has 0 spiro atoms. The van der Waals surface area contributed by atoms with Crippen molar-refractivity contribution in [3.8, 4) is 5.75 Å². The van der Waals surface area contributed by atoms with Crippen LogP contribution in [-0.2, 0) is 14.8 Å². The van der Waals surface area contributed by atoms with Crippen LogP contribution in [0.5, 0.6) is 5.75 Å². The van der Waals surface area contributed by atoms with E-state index in [4.69, 9.17) is 14.6 Å². The number of rotatable bonds is 7. The van der Waals surface area contributed by atoms with Gasteiger partial charge in [0.2, 0.25) is 10.0 Å². The molecule has 7 heteroatoms. The molecular weight excluding hydrogens is 261 g/mol. The van der Waals surface area contributed by atoms with Crippen molar-refractivity contribution in [1.29, 1.82) is 0 Å². The highest BCUT2D eigenvalue weighted by Crippen LogP contribution is 2.18. The lowest BCUT2D eigenvalue weighted by Crippen LogP contribution is -2.21. The van der Waals surface area contributed by atoms with Crippen LogP contribution >= 0.6 is 0 Å². The Labute approximate surface area is 106 Å². The molecule has 1 aromatic rings. The molecule has 102 valence electrons. The Hall–Kier alpha value is -1.18. The summed E-state index contributed by atoms with van der Waals surface area (Å²) >= 11 is 0. The van der Waals surface area contributed by atoms with Gasteiger partial charge in [0.15, 0.2) is 0 Å². The van der Waals surface area contributed by atoms with E-state index in [1.807, 2.05) is 0 Å². The maximum absolute atomic E-state index is 12.9. The van der Waals surface area contributed by atoms with E-state index in [1.165, 1.54) is 12.1 Å². The molecular formula is C11H16FNO4S. The summed E-state index contributed by atoms with van der Waals surface area (Å²) in [4.78, 5) is 0. The normalized spacial score (nSPS) is 11.5. The maximum Gasteiger partial charge on any atom is 0.211 e. The molecule has 0 atom stereocenters. The van der Waals surface area contributed by atoms with Crippen LogP contribution in [0.2, 0.25) is 0 Å². The van der Waals surface area contributed by atoms with Crippen LogP contribution in [0, 0.1) is 12.7 Å². The Morgan fingerprint density at radius 1 is 1.28 bits per heavy atom. The minimum atomic E-state index is -3.49. The highest BCUT2D eigenvalue weighted by molar-refractivity contribution is 7.89. The molecule has 0 aliphatic carbocycles. The van der Waals surface area contributed by atoms with Crippen LogP contribution in [-0.4, -0.2) is 34.0 Å². The van der Waals surface area contributed by atoms with Gasteiger partial charge in [0.05, 0.1) is 19.0 Å². The van der Waals surface area contributed by atoms with Crippen molar-refractivity contribution in [3.63, 3.8) is 0 Å². The predicted molar refractivity (Wildman–Crippen MR) is 65.4 cm³/mol. The first kappa shape index (κ1) is 14.9. The molecule has 0 saturated carbocycles. The minimum absolute atomic E-state index is 0.0182. The first-order valence-corrected chi connectivity index (χ1v) is 7.07. The van der Waals surface area contributed by atoms with Crippen molar-refractivity contribution in [3.05, 3.63) is 29.6 Å². The van der Waals surface area contributed by atoms with Crippen molar-refractivity contribution in [2.75, 3.05) is 25.6 Å². The Morgan fingerprint density at radius 2 is 2.00 bits per heavy atom. The number of hydrogen-bond acceptors (Lipinski definition) is 4. The Morgan fingerprint density at radius 3 is 2.67 bits per heavy atom. The second-order valence-electron chi connectivity index (χ2n) is 3.74. The van der Waals surface area contributed by atoms with Gasteiger partial charge in [-0.3, -0.25) is 0 Å². The zero-order chi connectivity index (χ0) is 13.6. The molecule has 0 amide bonds.